The summed E-state index contributed by atoms with van der Waals surface area (Å²) < 4.78 is 22.1. The summed E-state index contributed by atoms with van der Waals surface area (Å²) in [5, 5.41) is 3.08. The van der Waals surface area contributed by atoms with Gasteiger partial charge in [-0.1, -0.05) is 6.07 Å². The lowest BCUT2D eigenvalue weighted by Crippen LogP contribution is -2.04. The third kappa shape index (κ3) is 3.20. The van der Waals surface area contributed by atoms with Crippen molar-refractivity contribution in [2.75, 3.05) is 13.8 Å². The molecular formula is C16H19NO4. The summed E-state index contributed by atoms with van der Waals surface area (Å²) in [6, 6.07) is 7.85. The van der Waals surface area contributed by atoms with Crippen LogP contribution >= 0.6 is 0 Å². The van der Waals surface area contributed by atoms with Gasteiger partial charge in [0.05, 0.1) is 13.2 Å². The maximum atomic E-state index is 5.73. The third-order valence-electron chi connectivity index (χ3n) is 3.36. The summed E-state index contributed by atoms with van der Waals surface area (Å²) in [6.07, 6.45) is 0. The Kier molecular flexibility index (Phi) is 4.13. The van der Waals surface area contributed by atoms with E-state index in [1.54, 1.807) is 0 Å². The predicted octanol–water partition coefficient (Wildman–Crippen LogP) is 2.75. The number of ether oxygens (including phenoxy) is 3. The second-order valence-electron chi connectivity index (χ2n) is 5.03. The van der Waals surface area contributed by atoms with Gasteiger partial charge in [-0.15, -0.1) is 0 Å². The van der Waals surface area contributed by atoms with Crippen molar-refractivity contribution in [3.05, 3.63) is 46.9 Å². The second-order valence-corrected chi connectivity index (χ2v) is 5.03. The fourth-order valence-corrected chi connectivity index (χ4v) is 2.30. The molecule has 0 spiro atoms. The summed E-state index contributed by atoms with van der Waals surface area (Å²) in [7, 11) is 1.90. The van der Waals surface area contributed by atoms with Crippen molar-refractivity contribution in [1.82, 2.24) is 5.32 Å². The highest BCUT2D eigenvalue weighted by Gasteiger charge is 2.13. The van der Waals surface area contributed by atoms with Crippen LogP contribution in [0.15, 0.2) is 28.7 Å². The maximum Gasteiger partial charge on any atom is 0.231 e. The maximum absolute atomic E-state index is 5.73. The number of fused-ring (bicyclic) bond motifs is 1. The molecule has 0 fully saturated rings. The molecule has 5 heteroatoms. The minimum absolute atomic E-state index is 0.291. The molecule has 2 heterocycles. The van der Waals surface area contributed by atoms with E-state index in [0.717, 1.165) is 40.7 Å². The highest BCUT2D eigenvalue weighted by molar-refractivity contribution is 5.44. The molecule has 0 saturated heterocycles. The molecule has 0 aliphatic carbocycles. The van der Waals surface area contributed by atoms with Gasteiger partial charge in [0, 0.05) is 0 Å². The van der Waals surface area contributed by atoms with Crippen LogP contribution in [0.3, 0.4) is 0 Å². The van der Waals surface area contributed by atoms with E-state index >= 15 is 0 Å². The monoisotopic (exact) mass is 289 g/mol. The largest absolute Gasteiger partial charge is 0.462 e. The lowest BCUT2D eigenvalue weighted by Gasteiger charge is -2.04. The summed E-state index contributed by atoms with van der Waals surface area (Å²) >= 11 is 0. The topological polar surface area (TPSA) is 52.9 Å². The van der Waals surface area contributed by atoms with Crippen LogP contribution in [0.25, 0.3) is 0 Å². The molecule has 1 aliphatic rings. The van der Waals surface area contributed by atoms with Crippen molar-refractivity contribution >= 4 is 0 Å². The smallest absolute Gasteiger partial charge is 0.231 e. The zero-order valence-electron chi connectivity index (χ0n) is 12.3. The van der Waals surface area contributed by atoms with Crippen LogP contribution in [-0.2, 0) is 24.5 Å². The van der Waals surface area contributed by atoms with E-state index in [9.17, 15) is 0 Å². The number of rotatable bonds is 6. The van der Waals surface area contributed by atoms with Gasteiger partial charge in [0.15, 0.2) is 11.5 Å². The molecule has 21 heavy (non-hydrogen) atoms. The van der Waals surface area contributed by atoms with Gasteiger partial charge in [0.1, 0.15) is 18.1 Å². The molecule has 0 saturated carbocycles. The van der Waals surface area contributed by atoms with E-state index in [4.69, 9.17) is 18.6 Å². The quantitative estimate of drug-likeness (QED) is 0.886. The number of aryl methyl sites for hydroxylation is 1. The Bertz CT molecular complexity index is 621. The van der Waals surface area contributed by atoms with Crippen LogP contribution in [0.2, 0.25) is 0 Å². The number of benzene rings is 1. The van der Waals surface area contributed by atoms with Crippen molar-refractivity contribution in [2.24, 2.45) is 0 Å². The van der Waals surface area contributed by atoms with Crippen molar-refractivity contribution in [1.29, 1.82) is 0 Å². The fraction of sp³-hybridized carbons (Fsp3) is 0.375. The van der Waals surface area contributed by atoms with Gasteiger partial charge in [-0.05, 0) is 43.3 Å². The van der Waals surface area contributed by atoms with Gasteiger partial charge >= 0.3 is 0 Å². The van der Waals surface area contributed by atoms with Gasteiger partial charge in [0.2, 0.25) is 6.79 Å². The zero-order valence-corrected chi connectivity index (χ0v) is 12.3. The lowest BCUT2D eigenvalue weighted by molar-refractivity contribution is 0.0919. The van der Waals surface area contributed by atoms with Crippen LogP contribution in [0.5, 0.6) is 11.5 Å². The van der Waals surface area contributed by atoms with Crippen LogP contribution in [-0.4, -0.2) is 13.8 Å². The van der Waals surface area contributed by atoms with Crippen LogP contribution in [0.4, 0.5) is 0 Å². The van der Waals surface area contributed by atoms with Crippen molar-refractivity contribution in [3.8, 4) is 11.5 Å². The van der Waals surface area contributed by atoms with Gasteiger partial charge in [0.25, 0.3) is 0 Å². The molecule has 0 radical (unpaired) electrons. The van der Waals surface area contributed by atoms with Crippen molar-refractivity contribution in [2.45, 2.75) is 26.7 Å². The number of nitrogens with one attached hydrogen (secondary N) is 1. The molecule has 3 rings (SSSR count). The second kappa shape index (κ2) is 6.20. The van der Waals surface area contributed by atoms with E-state index in [2.05, 4.69) is 5.32 Å². The van der Waals surface area contributed by atoms with Gasteiger partial charge in [-0.2, -0.15) is 0 Å². The molecule has 0 atom stereocenters. The SMILES string of the molecule is CNCc1oc(COCc2ccc3c(c2)OCO3)cc1C. The number of hydrogen-bond donors (Lipinski definition) is 1. The Morgan fingerprint density at radius 1 is 1.14 bits per heavy atom. The third-order valence-corrected chi connectivity index (χ3v) is 3.36. The first-order valence-electron chi connectivity index (χ1n) is 6.95. The Balaban J connectivity index is 1.55. The minimum atomic E-state index is 0.291. The summed E-state index contributed by atoms with van der Waals surface area (Å²) in [4.78, 5) is 0. The van der Waals surface area contributed by atoms with Gasteiger partial charge in [-0.3, -0.25) is 0 Å². The number of furan rings is 1. The first-order valence-corrected chi connectivity index (χ1v) is 6.95. The summed E-state index contributed by atoms with van der Waals surface area (Å²) in [6.45, 7) is 4.03. The van der Waals surface area contributed by atoms with Crippen LogP contribution in [0.1, 0.15) is 22.6 Å². The zero-order chi connectivity index (χ0) is 14.7. The normalized spacial score (nSPS) is 12.9. The van der Waals surface area contributed by atoms with E-state index in [-0.39, 0.29) is 0 Å². The number of hydrogen-bond acceptors (Lipinski definition) is 5. The van der Waals surface area contributed by atoms with E-state index in [1.807, 2.05) is 38.2 Å². The van der Waals surface area contributed by atoms with E-state index in [0.29, 0.717) is 20.0 Å². The Morgan fingerprint density at radius 2 is 2.00 bits per heavy atom. The lowest BCUT2D eigenvalue weighted by atomic mass is 10.2. The van der Waals surface area contributed by atoms with Gasteiger partial charge < -0.3 is 23.9 Å². The molecule has 0 unspecified atom stereocenters. The molecule has 1 N–H and O–H groups in total. The standard InChI is InChI=1S/C16H19NO4/c1-11-5-13(21-16(11)7-17-2)9-18-8-12-3-4-14-15(6-12)20-10-19-14/h3-6,17H,7-10H2,1-2H3. The van der Waals surface area contributed by atoms with E-state index < -0.39 is 0 Å². The molecular weight excluding hydrogens is 270 g/mol. The Labute approximate surface area is 123 Å². The van der Waals surface area contributed by atoms with E-state index in [1.165, 1.54) is 0 Å². The Morgan fingerprint density at radius 3 is 2.86 bits per heavy atom. The molecule has 5 nitrogen and oxygen atoms in total. The molecule has 1 aromatic heterocycles. The molecule has 0 amide bonds. The predicted molar refractivity (Wildman–Crippen MR) is 77.3 cm³/mol. The molecule has 112 valence electrons. The van der Waals surface area contributed by atoms with Gasteiger partial charge in [-0.25, -0.2) is 0 Å². The molecule has 1 aliphatic heterocycles. The highest BCUT2D eigenvalue weighted by Crippen LogP contribution is 2.32. The highest BCUT2D eigenvalue weighted by atomic mass is 16.7. The van der Waals surface area contributed by atoms with Crippen molar-refractivity contribution < 1.29 is 18.6 Å². The van der Waals surface area contributed by atoms with Crippen LogP contribution < -0.4 is 14.8 Å². The Hall–Kier alpha value is -1.98. The average molecular weight is 289 g/mol. The molecule has 1 aromatic carbocycles. The summed E-state index contributed by atoms with van der Waals surface area (Å²) in [5.41, 5.74) is 2.20. The summed E-state index contributed by atoms with van der Waals surface area (Å²) in [5.74, 6) is 3.37. The first-order chi connectivity index (χ1) is 10.3. The minimum Gasteiger partial charge on any atom is -0.462 e. The van der Waals surface area contributed by atoms with Crippen LogP contribution in [0, 0.1) is 6.92 Å². The fourth-order valence-electron chi connectivity index (χ4n) is 2.30. The molecule has 2 aromatic rings. The van der Waals surface area contributed by atoms with Crippen molar-refractivity contribution in [3.63, 3.8) is 0 Å². The molecule has 0 bridgehead atoms. The first kappa shape index (κ1) is 14.0. The average Bonchev–Trinajstić information content (AvgIpc) is 3.06.